The summed E-state index contributed by atoms with van der Waals surface area (Å²) in [4.78, 5) is 0. The predicted octanol–water partition coefficient (Wildman–Crippen LogP) is 4.72. The summed E-state index contributed by atoms with van der Waals surface area (Å²) in [5.41, 5.74) is 2.12. The summed E-state index contributed by atoms with van der Waals surface area (Å²) < 4.78 is 0. The third kappa shape index (κ3) is 4.69. The molecule has 24 heavy (non-hydrogen) atoms. The zero-order chi connectivity index (χ0) is 17.3. The molecule has 2 aromatic rings. The van der Waals surface area contributed by atoms with Crippen LogP contribution >= 0.6 is 0 Å². The summed E-state index contributed by atoms with van der Waals surface area (Å²) in [6, 6.07) is 23.4. The van der Waals surface area contributed by atoms with E-state index in [1.165, 1.54) is 5.56 Å². The first-order valence-corrected chi connectivity index (χ1v) is 8.90. The van der Waals surface area contributed by atoms with E-state index in [4.69, 9.17) is 0 Å². The molecule has 0 fully saturated rings. The number of benzene rings is 2. The molecule has 1 atom stereocenters. The molecular formula is C22H28N2. The van der Waals surface area contributed by atoms with Crippen molar-refractivity contribution in [3.05, 3.63) is 71.8 Å². The van der Waals surface area contributed by atoms with E-state index >= 15 is 0 Å². The van der Waals surface area contributed by atoms with Crippen molar-refractivity contribution in [3.63, 3.8) is 0 Å². The molecule has 0 aromatic heterocycles. The lowest BCUT2D eigenvalue weighted by Gasteiger charge is -2.31. The van der Waals surface area contributed by atoms with Gasteiger partial charge in [0.2, 0.25) is 0 Å². The van der Waals surface area contributed by atoms with Crippen LogP contribution in [0.2, 0.25) is 0 Å². The second-order valence-electron chi connectivity index (χ2n) is 6.69. The quantitative estimate of drug-likeness (QED) is 0.679. The number of hydrogen-bond donors (Lipinski definition) is 1. The molecule has 2 aromatic carbocycles. The maximum absolute atomic E-state index is 9.88. The zero-order valence-electron chi connectivity index (χ0n) is 14.8. The van der Waals surface area contributed by atoms with Gasteiger partial charge in [-0.05, 0) is 49.4 Å². The van der Waals surface area contributed by atoms with Gasteiger partial charge in [-0.25, -0.2) is 0 Å². The molecule has 0 aliphatic rings. The third-order valence-corrected chi connectivity index (χ3v) is 4.83. The van der Waals surface area contributed by atoms with E-state index in [-0.39, 0.29) is 5.41 Å². The average Bonchev–Trinajstić information content (AvgIpc) is 2.63. The van der Waals surface area contributed by atoms with Crippen LogP contribution in [-0.2, 0) is 11.8 Å². The van der Waals surface area contributed by atoms with Crippen LogP contribution in [0.15, 0.2) is 60.7 Å². The van der Waals surface area contributed by atoms with Gasteiger partial charge in [0.25, 0.3) is 0 Å². The highest BCUT2D eigenvalue weighted by Crippen LogP contribution is 2.36. The fourth-order valence-corrected chi connectivity index (χ4v) is 3.25. The largest absolute Gasteiger partial charge is 0.316 e. The lowest BCUT2D eigenvalue weighted by molar-refractivity contribution is 0.356. The van der Waals surface area contributed by atoms with Gasteiger partial charge in [0.1, 0.15) is 0 Å². The molecule has 126 valence electrons. The van der Waals surface area contributed by atoms with Gasteiger partial charge in [-0.3, -0.25) is 0 Å². The zero-order valence-corrected chi connectivity index (χ0v) is 14.8. The van der Waals surface area contributed by atoms with Crippen LogP contribution in [-0.4, -0.2) is 13.1 Å². The molecule has 0 spiro atoms. The van der Waals surface area contributed by atoms with Gasteiger partial charge in [-0.2, -0.15) is 5.26 Å². The molecule has 0 saturated heterocycles. The molecule has 0 saturated carbocycles. The number of nitrogens with zero attached hydrogens (tertiary/aromatic N) is 1. The van der Waals surface area contributed by atoms with Gasteiger partial charge in [0.15, 0.2) is 0 Å². The van der Waals surface area contributed by atoms with Crippen LogP contribution in [0.5, 0.6) is 0 Å². The van der Waals surface area contributed by atoms with Crippen LogP contribution in [0, 0.1) is 17.2 Å². The number of nitriles is 1. The van der Waals surface area contributed by atoms with Gasteiger partial charge in [-0.15, -0.1) is 0 Å². The highest BCUT2D eigenvalue weighted by molar-refractivity contribution is 5.33. The number of hydrogen-bond acceptors (Lipinski definition) is 2. The van der Waals surface area contributed by atoms with Crippen molar-refractivity contribution in [2.75, 3.05) is 13.1 Å². The smallest absolute Gasteiger partial charge is 0.0845 e. The third-order valence-electron chi connectivity index (χ3n) is 4.83. The average molecular weight is 320 g/mol. The maximum atomic E-state index is 9.88. The minimum atomic E-state index is -0.387. The summed E-state index contributed by atoms with van der Waals surface area (Å²) in [7, 11) is 0. The van der Waals surface area contributed by atoms with E-state index in [0.29, 0.717) is 5.92 Å². The van der Waals surface area contributed by atoms with Gasteiger partial charge >= 0.3 is 0 Å². The van der Waals surface area contributed by atoms with Gasteiger partial charge < -0.3 is 5.32 Å². The monoisotopic (exact) mass is 320 g/mol. The Hall–Kier alpha value is -2.11. The molecule has 0 aliphatic carbocycles. The van der Waals surface area contributed by atoms with Crippen LogP contribution in [0.4, 0.5) is 0 Å². The number of rotatable bonds is 9. The highest BCUT2D eigenvalue weighted by Gasteiger charge is 2.35. The fourth-order valence-electron chi connectivity index (χ4n) is 3.25. The Bertz CT molecular complexity index is 628. The molecule has 0 amide bonds. The second kappa shape index (κ2) is 9.25. The predicted molar refractivity (Wildman–Crippen MR) is 101 cm³/mol. The topological polar surface area (TPSA) is 35.8 Å². The van der Waals surface area contributed by atoms with Crippen molar-refractivity contribution in [3.8, 4) is 6.07 Å². The molecular weight excluding hydrogens is 292 g/mol. The van der Waals surface area contributed by atoms with E-state index in [1.54, 1.807) is 0 Å². The second-order valence-corrected chi connectivity index (χ2v) is 6.69. The van der Waals surface area contributed by atoms with Crippen molar-refractivity contribution in [1.82, 2.24) is 5.32 Å². The highest BCUT2D eigenvalue weighted by atomic mass is 14.8. The van der Waals surface area contributed by atoms with Crippen molar-refractivity contribution in [2.24, 2.45) is 5.92 Å². The summed E-state index contributed by atoms with van der Waals surface area (Å²) in [5, 5.41) is 13.4. The van der Waals surface area contributed by atoms with E-state index in [9.17, 15) is 5.26 Å². The Balaban J connectivity index is 1.83. The lowest BCUT2D eigenvalue weighted by atomic mass is 9.70. The van der Waals surface area contributed by atoms with Gasteiger partial charge in [-0.1, -0.05) is 74.5 Å². The van der Waals surface area contributed by atoms with Gasteiger partial charge in [0.05, 0.1) is 11.5 Å². The van der Waals surface area contributed by atoms with E-state index in [1.807, 2.05) is 24.3 Å². The Labute approximate surface area is 146 Å². The normalized spacial score (nSPS) is 13.4. The van der Waals surface area contributed by atoms with E-state index in [2.05, 4.69) is 61.6 Å². The van der Waals surface area contributed by atoms with Crippen LogP contribution in [0.25, 0.3) is 0 Å². The molecule has 0 unspecified atom stereocenters. The first kappa shape index (κ1) is 18.2. The standard InChI is InChI=1S/C22H28N2/c1-19(2)22(18-23,21-12-7-4-8-13-21)15-9-16-24-17-14-20-10-5-3-6-11-20/h3-8,10-13,19,24H,9,14-17H2,1-2H3/t22-/m0/s1. The summed E-state index contributed by atoms with van der Waals surface area (Å²) in [5.74, 6) is 0.300. The van der Waals surface area contributed by atoms with Gasteiger partial charge in [0, 0.05) is 0 Å². The molecule has 1 N–H and O–H groups in total. The first-order chi connectivity index (χ1) is 11.7. The Kier molecular flexibility index (Phi) is 7.03. The summed E-state index contributed by atoms with van der Waals surface area (Å²) in [6.45, 7) is 6.24. The molecule has 0 heterocycles. The number of nitrogens with one attached hydrogen (secondary N) is 1. The Morgan fingerprint density at radius 2 is 1.58 bits per heavy atom. The minimum absolute atomic E-state index is 0.300. The Morgan fingerprint density at radius 1 is 0.958 bits per heavy atom. The first-order valence-electron chi connectivity index (χ1n) is 8.90. The molecule has 0 radical (unpaired) electrons. The van der Waals surface area contributed by atoms with Crippen molar-refractivity contribution < 1.29 is 0 Å². The van der Waals surface area contributed by atoms with E-state index in [0.717, 1.165) is 37.9 Å². The molecule has 0 bridgehead atoms. The minimum Gasteiger partial charge on any atom is -0.316 e. The summed E-state index contributed by atoms with van der Waals surface area (Å²) in [6.07, 6.45) is 2.95. The van der Waals surface area contributed by atoms with Crippen molar-refractivity contribution >= 4 is 0 Å². The molecule has 0 aliphatic heterocycles. The van der Waals surface area contributed by atoms with Crippen LogP contribution in [0.3, 0.4) is 0 Å². The van der Waals surface area contributed by atoms with E-state index < -0.39 is 0 Å². The fraction of sp³-hybridized carbons (Fsp3) is 0.409. The maximum Gasteiger partial charge on any atom is 0.0845 e. The van der Waals surface area contributed by atoms with Crippen molar-refractivity contribution in [2.45, 2.75) is 38.5 Å². The molecule has 2 rings (SSSR count). The Morgan fingerprint density at radius 3 is 2.17 bits per heavy atom. The van der Waals surface area contributed by atoms with Crippen molar-refractivity contribution in [1.29, 1.82) is 5.26 Å². The van der Waals surface area contributed by atoms with Crippen LogP contribution in [0.1, 0.15) is 37.8 Å². The summed E-state index contributed by atoms with van der Waals surface area (Å²) >= 11 is 0. The lowest BCUT2D eigenvalue weighted by Crippen LogP contribution is -2.32. The molecule has 2 nitrogen and oxygen atoms in total. The molecule has 2 heteroatoms. The van der Waals surface area contributed by atoms with Crippen LogP contribution < -0.4 is 5.32 Å². The SMILES string of the molecule is CC(C)[C@@](C#N)(CCCNCCc1ccccc1)c1ccccc1.